The normalized spacial score (nSPS) is 15.5. The molecule has 1 atom stereocenters. The molecular formula is C19H18F4N4O3. The predicted molar refractivity (Wildman–Crippen MR) is 99.0 cm³/mol. The molecule has 1 aliphatic heterocycles. The Hall–Kier alpha value is -3.05. The molecule has 2 aromatic rings. The Kier molecular flexibility index (Phi) is 6.32. The zero-order valence-corrected chi connectivity index (χ0v) is 15.5. The standard InChI is InChI=1S/C19H18F4N4O3/c20-14-7-12(15(29)10-28)8-25-17(14)27-5-3-11(4-6-27)18(30)26-16-2-1-13(9-24-16)19(21,22)23/h1-3,7-9,15,28-29H,4-6,10H2,(H,24,26,30)/t15-/m1/s1. The minimum Gasteiger partial charge on any atom is -0.393 e. The van der Waals surface area contributed by atoms with Gasteiger partial charge in [-0.3, -0.25) is 4.79 Å². The number of amides is 1. The van der Waals surface area contributed by atoms with E-state index in [4.69, 9.17) is 5.11 Å². The third-order valence-corrected chi connectivity index (χ3v) is 4.53. The fraction of sp³-hybridized carbons (Fsp3) is 0.316. The average Bonchev–Trinajstić information content (AvgIpc) is 2.73. The van der Waals surface area contributed by atoms with Crippen molar-refractivity contribution in [3.8, 4) is 0 Å². The van der Waals surface area contributed by atoms with Crippen LogP contribution in [0.3, 0.4) is 0 Å². The van der Waals surface area contributed by atoms with E-state index in [-0.39, 0.29) is 36.7 Å². The van der Waals surface area contributed by atoms with Crippen molar-refractivity contribution in [2.24, 2.45) is 0 Å². The molecule has 11 heteroatoms. The fourth-order valence-electron chi connectivity index (χ4n) is 2.87. The van der Waals surface area contributed by atoms with Gasteiger partial charge in [-0.2, -0.15) is 13.2 Å². The molecule has 7 nitrogen and oxygen atoms in total. The highest BCUT2D eigenvalue weighted by molar-refractivity contribution is 6.03. The zero-order chi connectivity index (χ0) is 21.9. The first-order chi connectivity index (χ1) is 14.2. The number of pyridine rings is 2. The Morgan fingerprint density at radius 3 is 2.57 bits per heavy atom. The quantitative estimate of drug-likeness (QED) is 0.636. The number of nitrogens with one attached hydrogen (secondary N) is 1. The molecule has 1 amide bonds. The summed E-state index contributed by atoms with van der Waals surface area (Å²) in [7, 11) is 0. The second kappa shape index (κ2) is 8.76. The van der Waals surface area contributed by atoms with Crippen molar-refractivity contribution in [3.63, 3.8) is 0 Å². The Labute approximate surface area is 168 Å². The number of nitrogens with zero attached hydrogens (tertiary/aromatic N) is 3. The summed E-state index contributed by atoms with van der Waals surface area (Å²) >= 11 is 0. The average molecular weight is 426 g/mol. The van der Waals surface area contributed by atoms with Crippen molar-refractivity contribution in [1.82, 2.24) is 9.97 Å². The number of carbonyl (C=O) groups is 1. The number of hydrogen-bond acceptors (Lipinski definition) is 6. The van der Waals surface area contributed by atoms with Gasteiger partial charge in [0.25, 0.3) is 5.91 Å². The third-order valence-electron chi connectivity index (χ3n) is 4.53. The summed E-state index contributed by atoms with van der Waals surface area (Å²) in [4.78, 5) is 21.5. The Balaban J connectivity index is 1.63. The van der Waals surface area contributed by atoms with Crippen molar-refractivity contribution in [2.75, 3.05) is 29.9 Å². The number of halogens is 4. The first-order valence-corrected chi connectivity index (χ1v) is 8.92. The molecule has 3 rings (SSSR count). The van der Waals surface area contributed by atoms with Crippen LogP contribution in [0, 0.1) is 5.82 Å². The lowest BCUT2D eigenvalue weighted by molar-refractivity contribution is -0.137. The van der Waals surface area contributed by atoms with E-state index in [0.717, 1.165) is 18.2 Å². The van der Waals surface area contributed by atoms with E-state index in [9.17, 15) is 27.5 Å². The van der Waals surface area contributed by atoms with Crippen LogP contribution in [-0.2, 0) is 11.0 Å². The van der Waals surface area contributed by atoms with Crippen molar-refractivity contribution >= 4 is 17.5 Å². The number of carbonyl (C=O) groups excluding carboxylic acids is 1. The van der Waals surface area contributed by atoms with E-state index in [1.165, 1.54) is 6.20 Å². The van der Waals surface area contributed by atoms with Gasteiger partial charge in [0.15, 0.2) is 11.6 Å². The second-order valence-electron chi connectivity index (χ2n) is 6.58. The first kappa shape index (κ1) is 21.7. The predicted octanol–water partition coefficient (Wildman–Crippen LogP) is 2.44. The summed E-state index contributed by atoms with van der Waals surface area (Å²) in [5.74, 6) is -1.14. The molecule has 0 aliphatic carbocycles. The van der Waals surface area contributed by atoms with Crippen LogP contribution in [0.15, 0.2) is 42.2 Å². The van der Waals surface area contributed by atoms with Gasteiger partial charge in [0.1, 0.15) is 11.9 Å². The van der Waals surface area contributed by atoms with E-state index in [1.54, 1.807) is 11.0 Å². The molecule has 160 valence electrons. The van der Waals surface area contributed by atoms with Gasteiger partial charge in [-0.1, -0.05) is 6.08 Å². The van der Waals surface area contributed by atoms with E-state index in [2.05, 4.69) is 15.3 Å². The van der Waals surface area contributed by atoms with Gasteiger partial charge >= 0.3 is 6.18 Å². The summed E-state index contributed by atoms with van der Waals surface area (Å²) in [6, 6.07) is 2.98. The SMILES string of the molecule is O=C(Nc1ccc(C(F)(F)F)cn1)C1=CCN(c2ncc([C@H](O)CO)cc2F)CC1. The lowest BCUT2D eigenvalue weighted by atomic mass is 10.1. The van der Waals surface area contributed by atoms with Crippen molar-refractivity contribution in [3.05, 3.63) is 59.2 Å². The summed E-state index contributed by atoms with van der Waals surface area (Å²) in [6.07, 6.45) is -2.01. The minimum atomic E-state index is -4.51. The maximum atomic E-state index is 14.3. The summed E-state index contributed by atoms with van der Waals surface area (Å²) in [5.41, 5.74) is -0.379. The van der Waals surface area contributed by atoms with Crippen LogP contribution in [0.5, 0.6) is 0 Å². The number of aliphatic hydroxyl groups is 2. The molecule has 0 spiro atoms. The van der Waals surface area contributed by atoms with Gasteiger partial charge in [0, 0.05) is 36.6 Å². The first-order valence-electron chi connectivity index (χ1n) is 8.92. The van der Waals surface area contributed by atoms with E-state index < -0.39 is 36.2 Å². The maximum Gasteiger partial charge on any atom is 0.417 e. The highest BCUT2D eigenvalue weighted by Crippen LogP contribution is 2.29. The molecule has 0 saturated heterocycles. The van der Waals surface area contributed by atoms with Crippen LogP contribution in [0.2, 0.25) is 0 Å². The van der Waals surface area contributed by atoms with Gasteiger partial charge in [-0.25, -0.2) is 14.4 Å². The molecule has 30 heavy (non-hydrogen) atoms. The number of anilines is 2. The lowest BCUT2D eigenvalue weighted by Gasteiger charge is -2.27. The topological polar surface area (TPSA) is 98.6 Å². The molecule has 1 aliphatic rings. The van der Waals surface area contributed by atoms with Crippen molar-refractivity contribution in [1.29, 1.82) is 0 Å². The molecule has 0 bridgehead atoms. The Bertz CT molecular complexity index is 948. The molecule has 0 radical (unpaired) electrons. The van der Waals surface area contributed by atoms with Gasteiger partial charge in [0.05, 0.1) is 12.2 Å². The van der Waals surface area contributed by atoms with E-state index in [1.807, 2.05) is 0 Å². The maximum absolute atomic E-state index is 14.3. The number of aromatic nitrogens is 2. The second-order valence-corrected chi connectivity index (χ2v) is 6.58. The largest absolute Gasteiger partial charge is 0.417 e. The molecule has 3 heterocycles. The molecule has 2 aromatic heterocycles. The Morgan fingerprint density at radius 1 is 1.27 bits per heavy atom. The van der Waals surface area contributed by atoms with Crippen LogP contribution in [-0.4, -0.2) is 45.8 Å². The monoisotopic (exact) mass is 426 g/mol. The Morgan fingerprint density at radius 2 is 2.03 bits per heavy atom. The lowest BCUT2D eigenvalue weighted by Crippen LogP contribution is -2.32. The van der Waals surface area contributed by atoms with Crippen LogP contribution in [0.25, 0.3) is 0 Å². The van der Waals surface area contributed by atoms with Gasteiger partial charge in [-0.05, 0) is 24.6 Å². The van der Waals surface area contributed by atoms with Crippen molar-refractivity contribution < 1.29 is 32.6 Å². The van der Waals surface area contributed by atoms with Gasteiger partial charge < -0.3 is 20.4 Å². The summed E-state index contributed by atoms with van der Waals surface area (Å²) in [5, 5.41) is 20.9. The van der Waals surface area contributed by atoms with Crippen LogP contribution in [0.1, 0.15) is 23.7 Å². The van der Waals surface area contributed by atoms with E-state index >= 15 is 0 Å². The molecule has 0 fully saturated rings. The third kappa shape index (κ3) is 4.92. The minimum absolute atomic E-state index is 0.0120. The number of alkyl halides is 3. The molecule has 0 aromatic carbocycles. The van der Waals surface area contributed by atoms with Crippen molar-refractivity contribution in [2.45, 2.75) is 18.7 Å². The van der Waals surface area contributed by atoms with Gasteiger partial charge in [-0.15, -0.1) is 0 Å². The number of rotatable bonds is 5. The summed E-state index contributed by atoms with van der Waals surface area (Å²) in [6.45, 7) is -0.0836. The van der Waals surface area contributed by atoms with E-state index in [0.29, 0.717) is 11.8 Å². The molecule has 0 saturated carbocycles. The van der Waals surface area contributed by atoms with Gasteiger partial charge in [0.2, 0.25) is 0 Å². The number of aliphatic hydroxyl groups excluding tert-OH is 2. The zero-order valence-electron chi connectivity index (χ0n) is 15.5. The molecular weight excluding hydrogens is 408 g/mol. The van der Waals surface area contributed by atoms with Crippen LogP contribution < -0.4 is 10.2 Å². The van der Waals surface area contributed by atoms with Crippen LogP contribution >= 0.6 is 0 Å². The molecule has 3 N–H and O–H groups in total. The van der Waals surface area contributed by atoms with Crippen LogP contribution in [0.4, 0.5) is 29.2 Å². The fourth-order valence-corrected chi connectivity index (χ4v) is 2.87. The molecule has 0 unspecified atom stereocenters. The number of hydrogen-bond donors (Lipinski definition) is 3. The summed E-state index contributed by atoms with van der Waals surface area (Å²) < 4.78 is 52.0. The smallest absolute Gasteiger partial charge is 0.393 e. The highest BCUT2D eigenvalue weighted by Gasteiger charge is 2.30. The highest BCUT2D eigenvalue weighted by atomic mass is 19.4.